The van der Waals surface area contributed by atoms with Crippen molar-refractivity contribution in [2.45, 2.75) is 45.3 Å². The molecule has 0 bridgehead atoms. The molecule has 0 aromatic heterocycles. The molecule has 5 heteroatoms. The fourth-order valence-electron chi connectivity index (χ4n) is 2.23. The van der Waals surface area contributed by atoms with Gasteiger partial charge in [-0.1, -0.05) is 20.3 Å². The fourth-order valence-corrected chi connectivity index (χ4v) is 2.23. The van der Waals surface area contributed by atoms with E-state index in [0.29, 0.717) is 26.4 Å². The molecule has 1 aliphatic rings. The lowest BCUT2D eigenvalue weighted by molar-refractivity contribution is -0.130. The van der Waals surface area contributed by atoms with Gasteiger partial charge in [-0.05, 0) is 12.8 Å². The van der Waals surface area contributed by atoms with E-state index in [0.717, 1.165) is 19.3 Å². The molecule has 1 heterocycles. The van der Waals surface area contributed by atoms with Crippen molar-refractivity contribution >= 4 is 5.91 Å². The second kappa shape index (κ2) is 8.45. The molecule has 1 aliphatic heterocycles. The summed E-state index contributed by atoms with van der Waals surface area (Å²) in [5.74, 6) is 0.214. The van der Waals surface area contributed by atoms with Gasteiger partial charge in [-0.25, -0.2) is 0 Å². The summed E-state index contributed by atoms with van der Waals surface area (Å²) in [4.78, 5) is 14.0. The average Bonchev–Trinajstić information content (AvgIpc) is 2.67. The lowest BCUT2D eigenvalue weighted by Gasteiger charge is -2.23. The highest BCUT2D eigenvalue weighted by atomic mass is 16.5. The first kappa shape index (κ1) is 15.4. The Morgan fingerprint density at radius 3 is 2.67 bits per heavy atom. The zero-order chi connectivity index (χ0) is 13.4. The predicted molar refractivity (Wildman–Crippen MR) is 70.3 cm³/mol. The molecule has 5 nitrogen and oxygen atoms in total. The lowest BCUT2D eigenvalue weighted by Crippen LogP contribution is -2.39. The Balaban J connectivity index is 2.36. The van der Waals surface area contributed by atoms with Crippen LogP contribution in [-0.2, 0) is 14.3 Å². The van der Waals surface area contributed by atoms with E-state index >= 15 is 0 Å². The number of carbonyl (C=O) groups is 1. The number of methoxy groups -OCH3 is 1. The number of nitrogens with one attached hydrogen (secondary N) is 1. The van der Waals surface area contributed by atoms with E-state index in [1.54, 1.807) is 7.11 Å². The maximum Gasteiger partial charge on any atom is 0.241 e. The van der Waals surface area contributed by atoms with Crippen LogP contribution in [0.15, 0.2) is 0 Å². The minimum absolute atomic E-state index is 0.0134. The quantitative estimate of drug-likeness (QED) is 0.627. The molecule has 0 saturated carbocycles. The standard InChI is InChI=1S/C13H26N2O3/c1-4-6-12-14-11(5-2)13(16)15(12)7-8-18-10-9-17-3/h11-12,14H,4-10H2,1-3H3. The van der Waals surface area contributed by atoms with Crippen molar-refractivity contribution in [2.24, 2.45) is 0 Å². The molecule has 1 saturated heterocycles. The molecule has 0 aromatic rings. The number of amides is 1. The first-order chi connectivity index (χ1) is 8.74. The van der Waals surface area contributed by atoms with E-state index in [2.05, 4.69) is 12.2 Å². The van der Waals surface area contributed by atoms with Gasteiger partial charge in [0.2, 0.25) is 5.91 Å². The van der Waals surface area contributed by atoms with Crippen LogP contribution in [0.2, 0.25) is 0 Å². The molecule has 18 heavy (non-hydrogen) atoms. The maximum atomic E-state index is 12.1. The minimum Gasteiger partial charge on any atom is -0.382 e. The average molecular weight is 258 g/mol. The molecule has 1 fully saturated rings. The van der Waals surface area contributed by atoms with Crippen molar-refractivity contribution in [3.63, 3.8) is 0 Å². The Hall–Kier alpha value is -0.650. The van der Waals surface area contributed by atoms with Crippen LogP contribution in [0.3, 0.4) is 0 Å². The van der Waals surface area contributed by atoms with Gasteiger partial charge in [-0.3, -0.25) is 10.1 Å². The zero-order valence-corrected chi connectivity index (χ0v) is 11.8. The number of hydrogen-bond donors (Lipinski definition) is 1. The Morgan fingerprint density at radius 1 is 1.28 bits per heavy atom. The van der Waals surface area contributed by atoms with Gasteiger partial charge in [0.15, 0.2) is 0 Å². The summed E-state index contributed by atoms with van der Waals surface area (Å²) in [5, 5.41) is 3.39. The third kappa shape index (κ3) is 4.23. The molecule has 0 radical (unpaired) electrons. The molecule has 2 unspecified atom stereocenters. The fraction of sp³-hybridized carbons (Fsp3) is 0.923. The molecular formula is C13H26N2O3. The molecular weight excluding hydrogens is 232 g/mol. The number of carbonyl (C=O) groups excluding carboxylic acids is 1. The van der Waals surface area contributed by atoms with Gasteiger partial charge >= 0.3 is 0 Å². The van der Waals surface area contributed by atoms with Crippen molar-refractivity contribution in [1.82, 2.24) is 10.2 Å². The predicted octanol–water partition coefficient (Wildman–Crippen LogP) is 0.986. The molecule has 1 N–H and O–H groups in total. The Labute approximate surface area is 110 Å². The highest BCUT2D eigenvalue weighted by Crippen LogP contribution is 2.16. The largest absolute Gasteiger partial charge is 0.382 e. The SMILES string of the molecule is CCCC1NC(CC)C(=O)N1CCOCCOC. The van der Waals surface area contributed by atoms with Gasteiger partial charge in [-0.2, -0.15) is 0 Å². The van der Waals surface area contributed by atoms with Gasteiger partial charge in [0.05, 0.1) is 32.0 Å². The summed E-state index contributed by atoms with van der Waals surface area (Å²) in [6.07, 6.45) is 3.10. The lowest BCUT2D eigenvalue weighted by atomic mass is 10.2. The first-order valence-corrected chi connectivity index (χ1v) is 6.87. The Kier molecular flexibility index (Phi) is 7.23. The van der Waals surface area contributed by atoms with Crippen molar-refractivity contribution in [2.75, 3.05) is 33.5 Å². The summed E-state index contributed by atoms with van der Waals surface area (Å²) >= 11 is 0. The maximum absolute atomic E-state index is 12.1. The number of ether oxygens (including phenoxy) is 2. The molecule has 2 atom stereocenters. The zero-order valence-electron chi connectivity index (χ0n) is 11.8. The van der Waals surface area contributed by atoms with E-state index in [9.17, 15) is 4.79 Å². The van der Waals surface area contributed by atoms with E-state index in [1.165, 1.54) is 0 Å². The van der Waals surface area contributed by atoms with Crippen molar-refractivity contribution in [3.05, 3.63) is 0 Å². The first-order valence-electron chi connectivity index (χ1n) is 6.87. The van der Waals surface area contributed by atoms with Crippen LogP contribution in [0, 0.1) is 0 Å². The van der Waals surface area contributed by atoms with Gasteiger partial charge in [-0.15, -0.1) is 0 Å². The summed E-state index contributed by atoms with van der Waals surface area (Å²) in [6, 6.07) is -0.0134. The monoisotopic (exact) mass is 258 g/mol. The second-order valence-corrected chi connectivity index (χ2v) is 4.57. The van der Waals surface area contributed by atoms with Crippen LogP contribution >= 0.6 is 0 Å². The molecule has 0 spiro atoms. The third-order valence-electron chi connectivity index (χ3n) is 3.23. The summed E-state index contributed by atoms with van der Waals surface area (Å²) in [6.45, 7) is 6.60. The molecule has 1 rings (SSSR count). The number of rotatable bonds is 9. The van der Waals surface area contributed by atoms with Gasteiger partial charge in [0.1, 0.15) is 0 Å². The van der Waals surface area contributed by atoms with Crippen LogP contribution in [0.5, 0.6) is 0 Å². The summed E-state index contributed by atoms with van der Waals surface area (Å²) in [5.41, 5.74) is 0. The number of hydrogen-bond acceptors (Lipinski definition) is 4. The van der Waals surface area contributed by atoms with Crippen LogP contribution < -0.4 is 5.32 Å². The summed E-state index contributed by atoms with van der Waals surface area (Å²) < 4.78 is 10.3. The highest BCUT2D eigenvalue weighted by Gasteiger charge is 2.36. The van der Waals surface area contributed by atoms with Gasteiger partial charge in [0.25, 0.3) is 0 Å². The van der Waals surface area contributed by atoms with Gasteiger partial charge in [0, 0.05) is 13.7 Å². The highest BCUT2D eigenvalue weighted by molar-refractivity contribution is 5.84. The van der Waals surface area contributed by atoms with E-state index in [-0.39, 0.29) is 18.1 Å². The Morgan fingerprint density at radius 2 is 2.06 bits per heavy atom. The van der Waals surface area contributed by atoms with Crippen LogP contribution in [-0.4, -0.2) is 56.5 Å². The summed E-state index contributed by atoms with van der Waals surface area (Å²) in [7, 11) is 1.65. The third-order valence-corrected chi connectivity index (χ3v) is 3.23. The van der Waals surface area contributed by atoms with Gasteiger partial charge < -0.3 is 14.4 Å². The van der Waals surface area contributed by atoms with Crippen molar-refractivity contribution in [1.29, 1.82) is 0 Å². The second-order valence-electron chi connectivity index (χ2n) is 4.57. The topological polar surface area (TPSA) is 50.8 Å². The molecule has 0 aliphatic carbocycles. The van der Waals surface area contributed by atoms with E-state index in [4.69, 9.17) is 9.47 Å². The molecule has 1 amide bonds. The minimum atomic E-state index is -0.0134. The van der Waals surface area contributed by atoms with Crippen LogP contribution in [0.1, 0.15) is 33.1 Å². The molecule has 0 aromatic carbocycles. The Bertz CT molecular complexity index is 248. The van der Waals surface area contributed by atoms with Crippen LogP contribution in [0.25, 0.3) is 0 Å². The smallest absolute Gasteiger partial charge is 0.241 e. The van der Waals surface area contributed by atoms with Crippen molar-refractivity contribution in [3.8, 4) is 0 Å². The van der Waals surface area contributed by atoms with E-state index in [1.807, 2.05) is 11.8 Å². The van der Waals surface area contributed by atoms with E-state index < -0.39 is 0 Å². The van der Waals surface area contributed by atoms with Crippen molar-refractivity contribution < 1.29 is 14.3 Å². The van der Waals surface area contributed by atoms with Crippen LogP contribution in [0.4, 0.5) is 0 Å². The molecule has 106 valence electrons. The normalized spacial score (nSPS) is 23.9. The number of nitrogens with zero attached hydrogens (tertiary/aromatic N) is 1.